The molecule has 0 spiro atoms. The molecule has 2 aliphatic rings. The highest BCUT2D eigenvalue weighted by Gasteiger charge is 2.40. The molecular weight excluding hydrogens is 441 g/mol. The smallest absolute Gasteiger partial charge is 0.193 e. The van der Waals surface area contributed by atoms with Gasteiger partial charge in [0.15, 0.2) is 15.8 Å². The number of halogens is 1. The zero-order chi connectivity index (χ0) is 16.9. The van der Waals surface area contributed by atoms with Crippen LogP contribution >= 0.6 is 24.0 Å². The van der Waals surface area contributed by atoms with Gasteiger partial charge in [0.05, 0.1) is 23.2 Å². The van der Waals surface area contributed by atoms with Crippen LogP contribution in [0, 0.1) is 0 Å². The molecule has 0 aromatic heterocycles. The van der Waals surface area contributed by atoms with E-state index in [4.69, 9.17) is 4.74 Å². The number of guanidine groups is 1. The SMILES string of the molecule is CN=C(NCCOC1CCCCC1)N1CCS(=O)(=O)C(C)(C)C1.I. The third kappa shape index (κ3) is 5.72. The van der Waals surface area contributed by atoms with Gasteiger partial charge >= 0.3 is 0 Å². The van der Waals surface area contributed by atoms with Crippen molar-refractivity contribution in [1.82, 2.24) is 10.2 Å². The molecule has 0 aromatic rings. The molecule has 8 heteroatoms. The van der Waals surface area contributed by atoms with Crippen molar-refractivity contribution in [2.24, 2.45) is 4.99 Å². The summed E-state index contributed by atoms with van der Waals surface area (Å²) in [5.41, 5.74) is 0. The highest BCUT2D eigenvalue weighted by molar-refractivity contribution is 14.0. The molecule has 1 aliphatic carbocycles. The minimum atomic E-state index is -3.02. The fourth-order valence-electron chi connectivity index (χ4n) is 3.28. The second-order valence-electron chi connectivity index (χ2n) is 7.10. The van der Waals surface area contributed by atoms with Gasteiger partial charge in [0, 0.05) is 26.7 Å². The Balaban J connectivity index is 0.00000288. The van der Waals surface area contributed by atoms with E-state index in [-0.39, 0.29) is 29.7 Å². The second-order valence-corrected chi connectivity index (χ2v) is 9.85. The average molecular weight is 473 g/mol. The number of hydrogen-bond acceptors (Lipinski definition) is 4. The predicted molar refractivity (Wildman–Crippen MR) is 109 cm³/mol. The van der Waals surface area contributed by atoms with Crippen LogP contribution in [0.2, 0.25) is 0 Å². The molecule has 2 fully saturated rings. The molecule has 0 bridgehead atoms. The molecule has 0 amide bonds. The van der Waals surface area contributed by atoms with Crippen molar-refractivity contribution < 1.29 is 13.2 Å². The Morgan fingerprint density at radius 3 is 2.54 bits per heavy atom. The molecule has 6 nitrogen and oxygen atoms in total. The number of nitrogens with one attached hydrogen (secondary N) is 1. The molecule has 0 atom stereocenters. The van der Waals surface area contributed by atoms with Crippen LogP contribution in [0.15, 0.2) is 4.99 Å². The average Bonchev–Trinajstić information content (AvgIpc) is 2.51. The lowest BCUT2D eigenvalue weighted by Crippen LogP contribution is -2.57. The van der Waals surface area contributed by atoms with E-state index >= 15 is 0 Å². The quantitative estimate of drug-likeness (QED) is 0.293. The largest absolute Gasteiger partial charge is 0.376 e. The molecule has 1 heterocycles. The van der Waals surface area contributed by atoms with Crippen molar-refractivity contribution in [2.45, 2.75) is 56.8 Å². The Labute approximate surface area is 163 Å². The van der Waals surface area contributed by atoms with Gasteiger partial charge in [0.25, 0.3) is 0 Å². The summed E-state index contributed by atoms with van der Waals surface area (Å²) < 4.78 is 29.3. The summed E-state index contributed by atoms with van der Waals surface area (Å²) in [4.78, 5) is 6.32. The van der Waals surface area contributed by atoms with Gasteiger partial charge in [-0.15, -0.1) is 24.0 Å². The third-order valence-electron chi connectivity index (χ3n) is 4.85. The molecule has 0 aromatic carbocycles. The summed E-state index contributed by atoms with van der Waals surface area (Å²) in [6.45, 7) is 5.90. The van der Waals surface area contributed by atoms with Gasteiger partial charge in [-0.3, -0.25) is 4.99 Å². The van der Waals surface area contributed by atoms with E-state index in [1.165, 1.54) is 32.1 Å². The third-order valence-corrected chi connectivity index (χ3v) is 7.38. The summed E-state index contributed by atoms with van der Waals surface area (Å²) in [7, 11) is -1.29. The molecule has 24 heavy (non-hydrogen) atoms. The maximum atomic E-state index is 12.1. The first kappa shape index (κ1) is 22.0. The number of rotatable bonds is 4. The first-order valence-electron chi connectivity index (χ1n) is 8.65. The van der Waals surface area contributed by atoms with Gasteiger partial charge in [-0.2, -0.15) is 0 Å². The van der Waals surface area contributed by atoms with E-state index in [2.05, 4.69) is 10.3 Å². The van der Waals surface area contributed by atoms with Gasteiger partial charge in [-0.25, -0.2) is 8.42 Å². The van der Waals surface area contributed by atoms with Crippen LogP contribution in [0.3, 0.4) is 0 Å². The van der Waals surface area contributed by atoms with Crippen LogP contribution in [-0.4, -0.2) is 69.2 Å². The lowest BCUT2D eigenvalue weighted by molar-refractivity contribution is 0.0315. The molecule has 0 radical (unpaired) electrons. The number of hydrogen-bond donors (Lipinski definition) is 1. The van der Waals surface area contributed by atoms with Gasteiger partial charge in [-0.05, 0) is 26.7 Å². The van der Waals surface area contributed by atoms with E-state index in [0.29, 0.717) is 32.3 Å². The van der Waals surface area contributed by atoms with Crippen LogP contribution in [-0.2, 0) is 14.6 Å². The highest BCUT2D eigenvalue weighted by Crippen LogP contribution is 2.23. The van der Waals surface area contributed by atoms with E-state index in [1.54, 1.807) is 20.9 Å². The van der Waals surface area contributed by atoms with Gasteiger partial charge in [-0.1, -0.05) is 19.3 Å². The molecular formula is C16H32IN3O3S. The summed E-state index contributed by atoms with van der Waals surface area (Å²) in [5, 5.41) is 3.30. The Hall–Kier alpha value is -0.0900. The number of aliphatic imine (C=N–C) groups is 1. The number of ether oxygens (including phenoxy) is 1. The summed E-state index contributed by atoms with van der Waals surface area (Å²) in [6, 6.07) is 0. The van der Waals surface area contributed by atoms with Crippen LogP contribution in [0.25, 0.3) is 0 Å². The Morgan fingerprint density at radius 1 is 1.29 bits per heavy atom. The Kier molecular flexibility index (Phi) is 8.75. The molecule has 1 aliphatic heterocycles. The fraction of sp³-hybridized carbons (Fsp3) is 0.938. The molecule has 1 saturated carbocycles. The fourth-order valence-corrected chi connectivity index (χ4v) is 4.64. The molecule has 142 valence electrons. The van der Waals surface area contributed by atoms with Crippen LogP contribution in [0.1, 0.15) is 46.0 Å². The standard InChI is InChI=1S/C16H31N3O3S.HI/c1-16(2)13-19(10-12-23(16,20)21)15(17-3)18-9-11-22-14-7-5-4-6-8-14;/h14H,4-13H2,1-3H3,(H,17,18);1H. The molecule has 1 N–H and O–H groups in total. The monoisotopic (exact) mass is 473 g/mol. The zero-order valence-electron chi connectivity index (χ0n) is 15.1. The van der Waals surface area contributed by atoms with Crippen molar-refractivity contribution in [2.75, 3.05) is 39.0 Å². The Morgan fingerprint density at radius 2 is 1.96 bits per heavy atom. The van der Waals surface area contributed by atoms with Crippen LogP contribution in [0.4, 0.5) is 0 Å². The topological polar surface area (TPSA) is 71.0 Å². The summed E-state index contributed by atoms with van der Waals surface area (Å²) >= 11 is 0. The minimum absolute atomic E-state index is 0. The maximum absolute atomic E-state index is 12.1. The first-order chi connectivity index (χ1) is 10.9. The van der Waals surface area contributed by atoms with Crippen molar-refractivity contribution in [3.05, 3.63) is 0 Å². The predicted octanol–water partition coefficient (Wildman–Crippen LogP) is 2.04. The van der Waals surface area contributed by atoms with Gasteiger partial charge < -0.3 is 15.0 Å². The number of sulfone groups is 1. The van der Waals surface area contributed by atoms with Gasteiger partial charge in [0.1, 0.15) is 0 Å². The van der Waals surface area contributed by atoms with Gasteiger partial charge in [0.2, 0.25) is 0 Å². The second kappa shape index (κ2) is 9.56. The molecule has 2 rings (SSSR count). The summed E-state index contributed by atoms with van der Waals surface area (Å²) in [5.74, 6) is 0.944. The number of nitrogens with zero attached hydrogens (tertiary/aromatic N) is 2. The molecule has 0 unspecified atom stereocenters. The van der Waals surface area contributed by atoms with E-state index in [9.17, 15) is 8.42 Å². The Bertz CT molecular complexity index is 517. The maximum Gasteiger partial charge on any atom is 0.193 e. The first-order valence-corrected chi connectivity index (χ1v) is 10.3. The van der Waals surface area contributed by atoms with E-state index in [1.807, 2.05) is 4.90 Å². The molecule has 1 saturated heterocycles. The van der Waals surface area contributed by atoms with Crippen LogP contribution in [0.5, 0.6) is 0 Å². The van der Waals surface area contributed by atoms with Crippen molar-refractivity contribution in [3.63, 3.8) is 0 Å². The van der Waals surface area contributed by atoms with E-state index < -0.39 is 14.6 Å². The minimum Gasteiger partial charge on any atom is -0.376 e. The normalized spacial score (nSPS) is 24.3. The van der Waals surface area contributed by atoms with Crippen molar-refractivity contribution >= 4 is 39.8 Å². The summed E-state index contributed by atoms with van der Waals surface area (Å²) in [6.07, 6.45) is 6.64. The van der Waals surface area contributed by atoms with Crippen LogP contribution < -0.4 is 5.32 Å². The van der Waals surface area contributed by atoms with Crippen molar-refractivity contribution in [1.29, 1.82) is 0 Å². The highest BCUT2D eigenvalue weighted by atomic mass is 127. The lowest BCUT2D eigenvalue weighted by Gasteiger charge is -2.39. The van der Waals surface area contributed by atoms with Crippen molar-refractivity contribution in [3.8, 4) is 0 Å². The zero-order valence-corrected chi connectivity index (χ0v) is 18.2. The lowest BCUT2D eigenvalue weighted by atomic mass is 9.98. The van der Waals surface area contributed by atoms with E-state index in [0.717, 1.165) is 5.96 Å².